The van der Waals surface area contributed by atoms with Crippen molar-refractivity contribution >= 4 is 11.8 Å². The number of morpholine rings is 1. The maximum Gasteiger partial charge on any atom is 0.251 e. The van der Waals surface area contributed by atoms with Crippen molar-refractivity contribution in [1.29, 1.82) is 0 Å². The highest BCUT2D eigenvalue weighted by molar-refractivity contribution is 5.96. The maximum absolute atomic E-state index is 12.7. The number of carbonyl (C=O) groups is 2. The van der Waals surface area contributed by atoms with Crippen LogP contribution in [0.1, 0.15) is 10.4 Å². The normalized spacial score (nSPS) is 13.7. The van der Waals surface area contributed by atoms with Crippen LogP contribution in [0.15, 0.2) is 24.3 Å². The van der Waals surface area contributed by atoms with Crippen LogP contribution in [0.2, 0.25) is 0 Å². The number of hydrogen-bond donors (Lipinski definition) is 2. The molecule has 2 rings (SSSR count). The number of halogens is 1. The third-order valence-electron chi connectivity index (χ3n) is 3.17. The Labute approximate surface area is 140 Å². The van der Waals surface area contributed by atoms with Crippen LogP contribution in [-0.2, 0) is 14.3 Å². The van der Waals surface area contributed by atoms with E-state index in [-0.39, 0.29) is 25.0 Å². The van der Waals surface area contributed by atoms with Crippen molar-refractivity contribution in [2.24, 2.45) is 0 Å². The highest BCUT2D eigenvalue weighted by Gasteiger charge is 2.17. The summed E-state index contributed by atoms with van der Waals surface area (Å²) in [4.78, 5) is 25.1. The first-order valence-corrected chi connectivity index (χ1v) is 7.57. The lowest BCUT2D eigenvalue weighted by Crippen LogP contribution is -2.45. The van der Waals surface area contributed by atoms with Crippen LogP contribution in [0.3, 0.4) is 0 Å². The highest BCUT2D eigenvalue weighted by atomic mass is 19.1. The van der Waals surface area contributed by atoms with Gasteiger partial charge in [-0.2, -0.15) is 0 Å². The molecular formula is C16H23FN2O5. The topological polar surface area (TPSA) is 88.1 Å². The molecule has 1 aliphatic heterocycles. The molecule has 2 N–H and O–H groups in total. The summed E-state index contributed by atoms with van der Waals surface area (Å²) in [7, 11) is 1.55. The van der Waals surface area contributed by atoms with E-state index in [0.717, 1.165) is 0 Å². The standard InChI is InChI=1S/C13H15FN2O3.C3H8O2/c14-11-3-1-10(2-4-11)13(18)15-9-12(17)16-5-7-19-8-6-16;1-5-3-2-4/h1-4H,5-9H2,(H,15,18);4H,2-3H2,1H3. The van der Waals surface area contributed by atoms with Gasteiger partial charge in [-0.1, -0.05) is 0 Å². The Bertz CT molecular complexity index is 502. The predicted molar refractivity (Wildman–Crippen MR) is 85.1 cm³/mol. The molecule has 0 aliphatic carbocycles. The molecule has 0 radical (unpaired) electrons. The lowest BCUT2D eigenvalue weighted by Gasteiger charge is -2.26. The van der Waals surface area contributed by atoms with Crippen LogP contribution in [-0.4, -0.2) is 75.0 Å². The van der Waals surface area contributed by atoms with E-state index in [9.17, 15) is 14.0 Å². The van der Waals surface area contributed by atoms with Gasteiger partial charge < -0.3 is 24.8 Å². The molecular weight excluding hydrogens is 319 g/mol. The molecule has 134 valence electrons. The molecule has 0 spiro atoms. The van der Waals surface area contributed by atoms with Gasteiger partial charge in [-0.25, -0.2) is 4.39 Å². The minimum absolute atomic E-state index is 0.0593. The zero-order valence-electron chi connectivity index (χ0n) is 13.7. The van der Waals surface area contributed by atoms with E-state index in [1.54, 1.807) is 12.0 Å². The number of amides is 2. The third-order valence-corrected chi connectivity index (χ3v) is 3.17. The number of ether oxygens (including phenoxy) is 2. The van der Waals surface area contributed by atoms with E-state index in [1.165, 1.54) is 24.3 Å². The van der Waals surface area contributed by atoms with E-state index in [4.69, 9.17) is 9.84 Å². The zero-order chi connectivity index (χ0) is 17.8. The molecule has 1 aliphatic rings. The van der Waals surface area contributed by atoms with Gasteiger partial charge in [0.15, 0.2) is 0 Å². The highest BCUT2D eigenvalue weighted by Crippen LogP contribution is 2.02. The Morgan fingerprint density at radius 3 is 2.42 bits per heavy atom. The van der Waals surface area contributed by atoms with Crippen molar-refractivity contribution in [2.75, 3.05) is 53.2 Å². The molecule has 0 bridgehead atoms. The zero-order valence-corrected chi connectivity index (χ0v) is 13.7. The second-order valence-corrected chi connectivity index (χ2v) is 4.90. The molecule has 1 aromatic rings. The minimum atomic E-state index is -0.402. The number of methoxy groups -OCH3 is 1. The molecule has 0 saturated carbocycles. The molecule has 0 unspecified atom stereocenters. The Morgan fingerprint density at radius 2 is 1.92 bits per heavy atom. The van der Waals surface area contributed by atoms with Gasteiger partial charge in [0.1, 0.15) is 5.82 Å². The lowest BCUT2D eigenvalue weighted by atomic mass is 10.2. The summed E-state index contributed by atoms with van der Waals surface area (Å²) < 4.78 is 22.3. The van der Waals surface area contributed by atoms with Crippen molar-refractivity contribution in [3.8, 4) is 0 Å². The summed E-state index contributed by atoms with van der Waals surface area (Å²) in [5.41, 5.74) is 0.330. The summed E-state index contributed by atoms with van der Waals surface area (Å²) >= 11 is 0. The van der Waals surface area contributed by atoms with Crippen LogP contribution in [0, 0.1) is 5.82 Å². The van der Waals surface area contributed by atoms with E-state index in [2.05, 4.69) is 10.1 Å². The summed E-state index contributed by atoms with van der Waals surface area (Å²) in [5.74, 6) is -0.929. The predicted octanol–water partition coefficient (Wildman–Crippen LogP) is 0.0394. The van der Waals surface area contributed by atoms with Gasteiger partial charge in [-0.15, -0.1) is 0 Å². The van der Waals surface area contributed by atoms with Crippen molar-refractivity contribution in [3.05, 3.63) is 35.6 Å². The second-order valence-electron chi connectivity index (χ2n) is 4.90. The van der Waals surface area contributed by atoms with Gasteiger partial charge in [0.05, 0.1) is 33.0 Å². The van der Waals surface area contributed by atoms with Crippen LogP contribution in [0.25, 0.3) is 0 Å². The van der Waals surface area contributed by atoms with Gasteiger partial charge in [-0.3, -0.25) is 9.59 Å². The first-order valence-electron chi connectivity index (χ1n) is 7.57. The number of benzene rings is 1. The molecule has 0 aromatic heterocycles. The van der Waals surface area contributed by atoms with E-state index in [1.807, 2.05) is 0 Å². The number of aliphatic hydroxyl groups is 1. The number of carbonyl (C=O) groups excluding carboxylic acids is 2. The molecule has 7 nitrogen and oxygen atoms in total. The monoisotopic (exact) mass is 342 g/mol. The van der Waals surface area contributed by atoms with Gasteiger partial charge in [-0.05, 0) is 24.3 Å². The SMILES string of the molecule is COCCO.O=C(NCC(=O)N1CCOCC1)c1ccc(F)cc1. The number of aliphatic hydroxyl groups excluding tert-OH is 1. The first kappa shape index (κ1) is 20.0. The quantitative estimate of drug-likeness (QED) is 0.789. The summed E-state index contributed by atoms with van der Waals surface area (Å²) in [6.07, 6.45) is 0. The Morgan fingerprint density at radius 1 is 1.29 bits per heavy atom. The number of hydrogen-bond acceptors (Lipinski definition) is 5. The molecule has 24 heavy (non-hydrogen) atoms. The Hall–Kier alpha value is -2.03. The van der Waals surface area contributed by atoms with E-state index < -0.39 is 5.82 Å². The summed E-state index contributed by atoms with van der Waals surface area (Å²) in [5, 5.41) is 10.5. The number of rotatable bonds is 5. The molecule has 1 aromatic carbocycles. The molecule has 8 heteroatoms. The van der Waals surface area contributed by atoms with E-state index >= 15 is 0 Å². The van der Waals surface area contributed by atoms with Crippen molar-refractivity contribution < 1.29 is 28.6 Å². The fourth-order valence-electron chi connectivity index (χ4n) is 1.88. The molecule has 2 amide bonds. The first-order chi connectivity index (χ1) is 11.6. The summed E-state index contributed by atoms with van der Waals surface area (Å²) in [6.45, 7) is 2.65. The van der Waals surface area contributed by atoms with Crippen LogP contribution >= 0.6 is 0 Å². The summed E-state index contributed by atoms with van der Waals surface area (Å²) in [6, 6.07) is 5.17. The van der Waals surface area contributed by atoms with Gasteiger partial charge >= 0.3 is 0 Å². The van der Waals surface area contributed by atoms with Crippen molar-refractivity contribution in [3.63, 3.8) is 0 Å². The fourth-order valence-corrected chi connectivity index (χ4v) is 1.88. The van der Waals surface area contributed by atoms with Gasteiger partial charge in [0.2, 0.25) is 5.91 Å². The molecule has 0 atom stereocenters. The molecule has 1 saturated heterocycles. The lowest BCUT2D eigenvalue weighted by molar-refractivity contribution is -0.134. The van der Waals surface area contributed by atoms with Crippen LogP contribution in [0.4, 0.5) is 4.39 Å². The molecule has 1 heterocycles. The second kappa shape index (κ2) is 11.5. The average Bonchev–Trinajstić information content (AvgIpc) is 2.62. The van der Waals surface area contributed by atoms with Crippen LogP contribution in [0.5, 0.6) is 0 Å². The largest absolute Gasteiger partial charge is 0.394 e. The Kier molecular flexibility index (Phi) is 9.59. The smallest absolute Gasteiger partial charge is 0.251 e. The third kappa shape index (κ3) is 7.49. The van der Waals surface area contributed by atoms with Crippen molar-refractivity contribution in [2.45, 2.75) is 0 Å². The molecule has 1 fully saturated rings. The van der Waals surface area contributed by atoms with E-state index in [0.29, 0.717) is 38.5 Å². The average molecular weight is 342 g/mol. The number of nitrogens with one attached hydrogen (secondary N) is 1. The van der Waals surface area contributed by atoms with Crippen molar-refractivity contribution in [1.82, 2.24) is 10.2 Å². The Balaban J connectivity index is 0.000000505. The van der Waals surface area contributed by atoms with Gasteiger partial charge in [0.25, 0.3) is 5.91 Å². The maximum atomic E-state index is 12.7. The minimum Gasteiger partial charge on any atom is -0.394 e. The number of nitrogens with zero attached hydrogens (tertiary/aromatic N) is 1. The van der Waals surface area contributed by atoms with Gasteiger partial charge in [0, 0.05) is 25.8 Å². The fraction of sp³-hybridized carbons (Fsp3) is 0.500. The van der Waals surface area contributed by atoms with Crippen LogP contribution < -0.4 is 5.32 Å².